The van der Waals surface area contributed by atoms with E-state index in [1.54, 1.807) is 12.1 Å². The fourth-order valence-corrected chi connectivity index (χ4v) is 3.09. The Bertz CT molecular complexity index is 580. The molecule has 1 aromatic carbocycles. The highest BCUT2D eigenvalue weighted by molar-refractivity contribution is 6.30. The number of aliphatic hydroxyl groups excluding tert-OH is 1. The molecular weight excluding hydrogens is 314 g/mol. The van der Waals surface area contributed by atoms with Gasteiger partial charge in [0.05, 0.1) is 6.33 Å². The van der Waals surface area contributed by atoms with E-state index in [2.05, 4.69) is 14.5 Å². The summed E-state index contributed by atoms with van der Waals surface area (Å²) in [6, 6.07) is 7.71. The second kappa shape index (κ2) is 7.81. The van der Waals surface area contributed by atoms with Crippen LogP contribution in [0.25, 0.3) is 0 Å². The summed E-state index contributed by atoms with van der Waals surface area (Å²) in [6.45, 7) is 2.91. The number of halogens is 1. The highest BCUT2D eigenvalue weighted by Crippen LogP contribution is 2.22. The molecule has 1 atom stereocenters. The number of aliphatic hydroxyl groups is 1. The van der Waals surface area contributed by atoms with Crippen LogP contribution in [0.4, 0.5) is 0 Å². The maximum Gasteiger partial charge on any atom is 0.119 e. The molecule has 23 heavy (non-hydrogen) atoms. The normalized spacial score (nSPS) is 18.0. The van der Waals surface area contributed by atoms with Gasteiger partial charge in [0, 0.05) is 43.1 Å². The number of hydrogen-bond donors (Lipinski definition) is 1. The van der Waals surface area contributed by atoms with Gasteiger partial charge in [0.15, 0.2) is 0 Å². The molecule has 2 heterocycles. The first-order valence-corrected chi connectivity index (χ1v) is 8.35. The van der Waals surface area contributed by atoms with Gasteiger partial charge in [-0.2, -0.15) is 0 Å². The van der Waals surface area contributed by atoms with Crippen LogP contribution in [0.2, 0.25) is 5.02 Å². The lowest BCUT2D eigenvalue weighted by Crippen LogP contribution is -2.41. The summed E-state index contributed by atoms with van der Waals surface area (Å²) >= 11 is 5.83. The lowest BCUT2D eigenvalue weighted by molar-refractivity contribution is 0.0558. The third kappa shape index (κ3) is 4.70. The SMILES string of the molecule is OC(COc1ccc(Cl)cc1)CN1CCC(n2ccnc2)CC1. The Hall–Kier alpha value is -1.56. The summed E-state index contributed by atoms with van der Waals surface area (Å²) < 4.78 is 7.77. The third-order valence-electron chi connectivity index (χ3n) is 4.23. The van der Waals surface area contributed by atoms with Crippen LogP contribution in [0.15, 0.2) is 43.0 Å². The van der Waals surface area contributed by atoms with Gasteiger partial charge >= 0.3 is 0 Å². The minimum Gasteiger partial charge on any atom is -0.491 e. The zero-order valence-electron chi connectivity index (χ0n) is 13.0. The highest BCUT2D eigenvalue weighted by Gasteiger charge is 2.21. The second-order valence-corrected chi connectivity index (χ2v) is 6.40. The molecular formula is C17H22ClN3O2. The Balaban J connectivity index is 1.39. The Morgan fingerprint density at radius 1 is 1.26 bits per heavy atom. The van der Waals surface area contributed by atoms with E-state index >= 15 is 0 Å². The van der Waals surface area contributed by atoms with Crippen molar-refractivity contribution in [2.24, 2.45) is 0 Å². The van der Waals surface area contributed by atoms with Gasteiger partial charge < -0.3 is 19.3 Å². The van der Waals surface area contributed by atoms with Crippen molar-refractivity contribution in [3.8, 4) is 5.75 Å². The van der Waals surface area contributed by atoms with Crippen LogP contribution in [0.5, 0.6) is 5.75 Å². The van der Waals surface area contributed by atoms with Crippen molar-refractivity contribution in [2.45, 2.75) is 25.0 Å². The number of piperidine rings is 1. The van der Waals surface area contributed by atoms with Crippen molar-refractivity contribution in [1.29, 1.82) is 0 Å². The molecule has 5 nitrogen and oxygen atoms in total. The second-order valence-electron chi connectivity index (χ2n) is 5.96. The number of β-amino-alcohol motifs (C(OH)–C–C–N with tert-alkyl or cyclic N) is 1. The number of benzene rings is 1. The summed E-state index contributed by atoms with van der Waals surface area (Å²) in [4.78, 5) is 6.40. The number of ether oxygens (including phenoxy) is 1. The van der Waals surface area contributed by atoms with Crippen molar-refractivity contribution >= 4 is 11.6 Å². The predicted molar refractivity (Wildman–Crippen MR) is 89.9 cm³/mol. The van der Waals surface area contributed by atoms with Crippen LogP contribution in [0.1, 0.15) is 18.9 Å². The van der Waals surface area contributed by atoms with Gasteiger partial charge in [-0.15, -0.1) is 0 Å². The highest BCUT2D eigenvalue weighted by atomic mass is 35.5. The van der Waals surface area contributed by atoms with Gasteiger partial charge in [-0.05, 0) is 37.1 Å². The number of aromatic nitrogens is 2. The zero-order valence-corrected chi connectivity index (χ0v) is 13.8. The summed E-state index contributed by atoms with van der Waals surface area (Å²) in [7, 11) is 0. The average molecular weight is 336 g/mol. The summed E-state index contributed by atoms with van der Waals surface area (Å²) in [5.74, 6) is 0.729. The molecule has 0 saturated carbocycles. The molecule has 0 bridgehead atoms. The Morgan fingerprint density at radius 2 is 2.00 bits per heavy atom. The van der Waals surface area contributed by atoms with E-state index in [1.807, 2.05) is 30.9 Å². The summed E-state index contributed by atoms with van der Waals surface area (Å²) in [6.07, 6.45) is 7.41. The van der Waals surface area contributed by atoms with Crippen molar-refractivity contribution in [3.63, 3.8) is 0 Å². The van der Waals surface area contributed by atoms with Gasteiger partial charge in [0.25, 0.3) is 0 Å². The van der Waals surface area contributed by atoms with Crippen molar-refractivity contribution in [1.82, 2.24) is 14.5 Å². The molecule has 0 amide bonds. The monoisotopic (exact) mass is 335 g/mol. The van der Waals surface area contributed by atoms with Crippen LogP contribution in [0, 0.1) is 0 Å². The number of rotatable bonds is 6. The average Bonchev–Trinajstić information content (AvgIpc) is 3.09. The lowest BCUT2D eigenvalue weighted by Gasteiger charge is -2.33. The number of nitrogens with zero attached hydrogens (tertiary/aromatic N) is 3. The van der Waals surface area contributed by atoms with Crippen LogP contribution in [-0.2, 0) is 0 Å². The van der Waals surface area contributed by atoms with Crippen LogP contribution < -0.4 is 4.74 Å². The van der Waals surface area contributed by atoms with Crippen LogP contribution in [0.3, 0.4) is 0 Å². The van der Waals surface area contributed by atoms with Gasteiger partial charge in [0.2, 0.25) is 0 Å². The summed E-state index contributed by atoms with van der Waals surface area (Å²) in [5.41, 5.74) is 0. The topological polar surface area (TPSA) is 50.5 Å². The van der Waals surface area contributed by atoms with Gasteiger partial charge in [-0.1, -0.05) is 11.6 Å². The van der Waals surface area contributed by atoms with E-state index in [0.29, 0.717) is 24.2 Å². The Labute approximate surface area is 141 Å². The van der Waals surface area contributed by atoms with E-state index in [1.165, 1.54) is 0 Å². The number of likely N-dealkylation sites (tertiary alicyclic amines) is 1. The van der Waals surface area contributed by atoms with Crippen LogP contribution >= 0.6 is 11.6 Å². The zero-order chi connectivity index (χ0) is 16.1. The predicted octanol–water partition coefficient (Wildman–Crippen LogP) is 2.61. The molecule has 0 radical (unpaired) electrons. The summed E-state index contributed by atoms with van der Waals surface area (Å²) in [5, 5.41) is 10.8. The van der Waals surface area contributed by atoms with E-state index in [4.69, 9.17) is 16.3 Å². The molecule has 0 spiro atoms. The standard InChI is InChI=1S/C17H22ClN3O2/c18-14-1-3-17(4-2-14)23-12-16(22)11-20-8-5-15(6-9-20)21-10-7-19-13-21/h1-4,7,10,13,15-16,22H,5-6,8-9,11-12H2. The minimum absolute atomic E-state index is 0.295. The quantitative estimate of drug-likeness (QED) is 0.881. The molecule has 6 heteroatoms. The van der Waals surface area contributed by atoms with Gasteiger partial charge in [-0.25, -0.2) is 4.98 Å². The maximum atomic E-state index is 10.2. The molecule has 1 aromatic heterocycles. The first kappa shape index (κ1) is 16.3. The van der Waals surface area contributed by atoms with E-state index in [9.17, 15) is 5.11 Å². The number of hydrogen-bond acceptors (Lipinski definition) is 4. The Morgan fingerprint density at radius 3 is 2.65 bits per heavy atom. The van der Waals surface area contributed by atoms with Gasteiger partial charge in [-0.3, -0.25) is 0 Å². The first-order valence-electron chi connectivity index (χ1n) is 7.97. The largest absolute Gasteiger partial charge is 0.491 e. The molecule has 1 fully saturated rings. The molecule has 1 saturated heterocycles. The molecule has 124 valence electrons. The fraction of sp³-hybridized carbons (Fsp3) is 0.471. The lowest BCUT2D eigenvalue weighted by atomic mass is 10.0. The van der Waals surface area contributed by atoms with Crippen LogP contribution in [-0.4, -0.2) is 51.9 Å². The third-order valence-corrected chi connectivity index (χ3v) is 4.48. The van der Waals surface area contributed by atoms with Gasteiger partial charge in [0.1, 0.15) is 18.5 Å². The smallest absolute Gasteiger partial charge is 0.119 e. The van der Waals surface area contributed by atoms with Crippen molar-refractivity contribution < 1.29 is 9.84 Å². The Kier molecular flexibility index (Phi) is 5.54. The maximum absolute atomic E-state index is 10.2. The molecule has 3 rings (SSSR count). The van der Waals surface area contributed by atoms with E-state index < -0.39 is 6.10 Å². The van der Waals surface area contributed by atoms with E-state index in [0.717, 1.165) is 31.7 Å². The fourth-order valence-electron chi connectivity index (χ4n) is 2.96. The first-order chi connectivity index (χ1) is 11.2. The van der Waals surface area contributed by atoms with Crippen molar-refractivity contribution in [2.75, 3.05) is 26.2 Å². The molecule has 1 aliphatic heterocycles. The number of imidazole rings is 1. The van der Waals surface area contributed by atoms with E-state index in [-0.39, 0.29) is 0 Å². The minimum atomic E-state index is -0.490. The molecule has 1 unspecified atom stereocenters. The molecule has 1 N–H and O–H groups in total. The van der Waals surface area contributed by atoms with Crippen molar-refractivity contribution in [3.05, 3.63) is 48.0 Å². The molecule has 1 aliphatic rings. The molecule has 0 aliphatic carbocycles. The molecule has 2 aromatic rings.